The van der Waals surface area contributed by atoms with Gasteiger partial charge in [0, 0.05) is 23.9 Å². The lowest BCUT2D eigenvalue weighted by molar-refractivity contribution is 0.361. The third-order valence-electron chi connectivity index (χ3n) is 3.11. The van der Waals surface area contributed by atoms with Crippen LogP contribution in [0.25, 0.3) is 22.6 Å². The van der Waals surface area contributed by atoms with Gasteiger partial charge in [-0.1, -0.05) is 23.4 Å². The summed E-state index contributed by atoms with van der Waals surface area (Å²) >= 11 is 0. The Morgan fingerprint density at radius 3 is 2.76 bits per heavy atom. The standard InChI is InChI=1S/C16H19N3O2/c1-16(2,3)17-9-8-14-18-15(19-21-14)13-10-11-6-4-5-7-12(11)20-13/h4-7,10,17H,8-9H2,1-3H3. The first-order valence-corrected chi connectivity index (χ1v) is 7.08. The topological polar surface area (TPSA) is 64.1 Å². The Balaban J connectivity index is 1.72. The first-order valence-electron chi connectivity index (χ1n) is 7.08. The van der Waals surface area contributed by atoms with E-state index in [0.29, 0.717) is 23.9 Å². The molecule has 2 heterocycles. The summed E-state index contributed by atoms with van der Waals surface area (Å²) < 4.78 is 11.0. The molecule has 0 aliphatic carbocycles. The zero-order valence-corrected chi connectivity index (χ0v) is 12.5. The van der Waals surface area contributed by atoms with E-state index >= 15 is 0 Å². The van der Waals surface area contributed by atoms with Crippen molar-refractivity contribution in [3.63, 3.8) is 0 Å². The Hall–Kier alpha value is -2.14. The summed E-state index contributed by atoms with van der Waals surface area (Å²) in [7, 11) is 0. The number of aromatic nitrogens is 2. The maximum Gasteiger partial charge on any atom is 0.238 e. The van der Waals surface area contributed by atoms with Gasteiger partial charge in [0.05, 0.1) is 0 Å². The van der Waals surface area contributed by atoms with Crippen molar-refractivity contribution in [3.8, 4) is 11.6 Å². The van der Waals surface area contributed by atoms with Crippen molar-refractivity contribution in [2.75, 3.05) is 6.54 Å². The molecule has 0 aliphatic heterocycles. The average Bonchev–Trinajstić information content (AvgIpc) is 3.02. The van der Waals surface area contributed by atoms with E-state index in [9.17, 15) is 0 Å². The predicted octanol–water partition coefficient (Wildman–Crippen LogP) is 3.41. The minimum absolute atomic E-state index is 0.0849. The number of hydrogen-bond donors (Lipinski definition) is 1. The van der Waals surface area contributed by atoms with E-state index in [0.717, 1.165) is 17.5 Å². The number of hydrogen-bond acceptors (Lipinski definition) is 5. The molecule has 3 rings (SSSR count). The highest BCUT2D eigenvalue weighted by Gasteiger charge is 2.14. The normalized spacial score (nSPS) is 12.1. The first kappa shape index (κ1) is 13.8. The Bertz CT molecular complexity index is 704. The van der Waals surface area contributed by atoms with Crippen molar-refractivity contribution >= 4 is 11.0 Å². The third kappa shape index (κ3) is 3.31. The molecule has 0 bridgehead atoms. The van der Waals surface area contributed by atoms with Crippen LogP contribution in [-0.2, 0) is 6.42 Å². The highest BCUT2D eigenvalue weighted by atomic mass is 16.5. The number of benzene rings is 1. The molecular formula is C16H19N3O2. The largest absolute Gasteiger partial charge is 0.453 e. The van der Waals surface area contributed by atoms with Crippen molar-refractivity contribution < 1.29 is 8.94 Å². The van der Waals surface area contributed by atoms with Gasteiger partial charge in [0.1, 0.15) is 5.58 Å². The van der Waals surface area contributed by atoms with Gasteiger partial charge in [-0.2, -0.15) is 4.98 Å². The van der Waals surface area contributed by atoms with Crippen molar-refractivity contribution in [2.24, 2.45) is 0 Å². The zero-order valence-electron chi connectivity index (χ0n) is 12.5. The van der Waals surface area contributed by atoms with Gasteiger partial charge >= 0.3 is 0 Å². The molecule has 0 fully saturated rings. The second-order valence-electron chi connectivity index (χ2n) is 6.09. The van der Waals surface area contributed by atoms with E-state index in [4.69, 9.17) is 8.94 Å². The molecule has 110 valence electrons. The van der Waals surface area contributed by atoms with Crippen molar-refractivity contribution in [2.45, 2.75) is 32.7 Å². The van der Waals surface area contributed by atoms with Gasteiger partial charge in [0.25, 0.3) is 0 Å². The first-order chi connectivity index (χ1) is 10.0. The summed E-state index contributed by atoms with van der Waals surface area (Å²) in [6.45, 7) is 7.17. The molecule has 1 aromatic carbocycles. The molecule has 0 radical (unpaired) electrons. The molecule has 0 spiro atoms. The summed E-state index contributed by atoms with van der Waals surface area (Å²) in [6, 6.07) is 9.76. The maximum absolute atomic E-state index is 5.73. The number of furan rings is 1. The lowest BCUT2D eigenvalue weighted by atomic mass is 10.1. The van der Waals surface area contributed by atoms with Gasteiger partial charge in [-0.25, -0.2) is 0 Å². The van der Waals surface area contributed by atoms with Crippen LogP contribution in [0.4, 0.5) is 0 Å². The maximum atomic E-state index is 5.73. The van der Waals surface area contributed by atoms with Gasteiger partial charge in [0.15, 0.2) is 5.76 Å². The molecule has 0 amide bonds. The van der Waals surface area contributed by atoms with E-state index in [2.05, 4.69) is 36.2 Å². The minimum atomic E-state index is 0.0849. The molecule has 0 atom stereocenters. The lowest BCUT2D eigenvalue weighted by Gasteiger charge is -2.19. The van der Waals surface area contributed by atoms with E-state index in [1.807, 2.05) is 30.3 Å². The van der Waals surface area contributed by atoms with Crippen LogP contribution in [0, 0.1) is 0 Å². The van der Waals surface area contributed by atoms with Crippen molar-refractivity contribution in [1.82, 2.24) is 15.5 Å². The Labute approximate surface area is 123 Å². The molecule has 5 heteroatoms. The number of rotatable bonds is 4. The van der Waals surface area contributed by atoms with Crippen LogP contribution in [0.2, 0.25) is 0 Å². The monoisotopic (exact) mass is 285 g/mol. The van der Waals surface area contributed by atoms with Crippen LogP contribution in [0.5, 0.6) is 0 Å². The van der Waals surface area contributed by atoms with Gasteiger partial charge in [0.2, 0.25) is 11.7 Å². The SMILES string of the molecule is CC(C)(C)NCCc1nc(-c2cc3ccccc3o2)no1. The minimum Gasteiger partial charge on any atom is -0.453 e. The molecule has 0 unspecified atom stereocenters. The number of nitrogens with zero attached hydrogens (tertiary/aromatic N) is 2. The molecule has 0 aliphatic rings. The quantitative estimate of drug-likeness (QED) is 0.795. The van der Waals surface area contributed by atoms with Crippen LogP contribution < -0.4 is 5.32 Å². The van der Waals surface area contributed by atoms with Crippen molar-refractivity contribution in [1.29, 1.82) is 0 Å². The summed E-state index contributed by atoms with van der Waals surface area (Å²) in [6.07, 6.45) is 0.699. The zero-order chi connectivity index (χ0) is 14.9. The van der Waals surface area contributed by atoms with E-state index in [-0.39, 0.29) is 5.54 Å². The van der Waals surface area contributed by atoms with E-state index < -0.39 is 0 Å². The van der Waals surface area contributed by atoms with Gasteiger partial charge in [-0.15, -0.1) is 0 Å². The molecule has 0 saturated heterocycles. The molecular weight excluding hydrogens is 266 g/mol. The molecule has 0 saturated carbocycles. The number of fused-ring (bicyclic) bond motifs is 1. The Kier molecular flexibility index (Phi) is 3.51. The van der Waals surface area contributed by atoms with Crippen LogP contribution in [0.1, 0.15) is 26.7 Å². The fraction of sp³-hybridized carbons (Fsp3) is 0.375. The predicted molar refractivity (Wildman–Crippen MR) is 81.0 cm³/mol. The summed E-state index contributed by atoms with van der Waals surface area (Å²) in [5.41, 5.74) is 0.912. The second-order valence-corrected chi connectivity index (χ2v) is 6.09. The summed E-state index contributed by atoms with van der Waals surface area (Å²) in [5, 5.41) is 8.41. The second kappa shape index (κ2) is 5.33. The molecule has 3 aromatic rings. The Morgan fingerprint density at radius 2 is 2.00 bits per heavy atom. The lowest BCUT2D eigenvalue weighted by Crippen LogP contribution is -2.37. The van der Waals surface area contributed by atoms with Gasteiger partial charge < -0.3 is 14.3 Å². The summed E-state index contributed by atoms with van der Waals surface area (Å²) in [4.78, 5) is 4.38. The van der Waals surface area contributed by atoms with Crippen LogP contribution in [0.3, 0.4) is 0 Å². The molecule has 1 N–H and O–H groups in total. The highest BCUT2D eigenvalue weighted by molar-refractivity contribution is 5.81. The van der Waals surface area contributed by atoms with Crippen molar-refractivity contribution in [3.05, 3.63) is 36.2 Å². The number of nitrogens with one attached hydrogen (secondary N) is 1. The fourth-order valence-corrected chi connectivity index (χ4v) is 2.09. The fourth-order valence-electron chi connectivity index (χ4n) is 2.09. The van der Waals surface area contributed by atoms with Gasteiger partial charge in [-0.05, 0) is 32.9 Å². The van der Waals surface area contributed by atoms with E-state index in [1.165, 1.54) is 0 Å². The smallest absolute Gasteiger partial charge is 0.238 e. The molecule has 2 aromatic heterocycles. The molecule has 21 heavy (non-hydrogen) atoms. The van der Waals surface area contributed by atoms with Gasteiger partial charge in [-0.3, -0.25) is 0 Å². The van der Waals surface area contributed by atoms with E-state index in [1.54, 1.807) is 0 Å². The van der Waals surface area contributed by atoms with Crippen LogP contribution >= 0.6 is 0 Å². The third-order valence-corrected chi connectivity index (χ3v) is 3.11. The average molecular weight is 285 g/mol. The van der Waals surface area contributed by atoms with Crippen LogP contribution in [-0.4, -0.2) is 22.2 Å². The molecule has 5 nitrogen and oxygen atoms in total. The van der Waals surface area contributed by atoms with Crippen LogP contribution in [0.15, 0.2) is 39.3 Å². The summed E-state index contributed by atoms with van der Waals surface area (Å²) in [5.74, 6) is 1.74. The number of para-hydroxylation sites is 1. The Morgan fingerprint density at radius 1 is 1.19 bits per heavy atom. The highest BCUT2D eigenvalue weighted by Crippen LogP contribution is 2.25.